The second-order valence-electron chi connectivity index (χ2n) is 6.42. The molecule has 0 spiro atoms. The van der Waals surface area contributed by atoms with Gasteiger partial charge in [-0.1, -0.05) is 6.07 Å². The molecule has 0 aliphatic heterocycles. The Kier molecular flexibility index (Phi) is 8.61. The first kappa shape index (κ1) is 22.4. The summed E-state index contributed by atoms with van der Waals surface area (Å²) >= 11 is 0. The molecule has 1 N–H and O–H groups in total. The summed E-state index contributed by atoms with van der Waals surface area (Å²) < 4.78 is 21.8. The van der Waals surface area contributed by atoms with E-state index in [4.69, 9.17) is 18.9 Å². The minimum Gasteiger partial charge on any atom is -0.497 e. The number of nitrogens with one attached hydrogen (secondary N) is 1. The minimum atomic E-state index is -0.144. The van der Waals surface area contributed by atoms with Crippen LogP contribution in [0.3, 0.4) is 0 Å². The molecule has 0 heterocycles. The maximum Gasteiger partial charge on any atom is 0.238 e. The van der Waals surface area contributed by atoms with Crippen molar-refractivity contribution in [1.29, 1.82) is 0 Å². The van der Waals surface area contributed by atoms with Crippen LogP contribution in [0, 0.1) is 0 Å². The van der Waals surface area contributed by atoms with E-state index in [1.807, 2.05) is 50.1 Å². The predicted molar refractivity (Wildman–Crippen MR) is 113 cm³/mol. The Balaban J connectivity index is 2.04. The topological polar surface area (TPSA) is 69.3 Å². The van der Waals surface area contributed by atoms with E-state index in [0.717, 1.165) is 17.1 Å². The average molecular weight is 402 g/mol. The van der Waals surface area contributed by atoms with E-state index in [2.05, 4.69) is 5.32 Å². The van der Waals surface area contributed by atoms with Gasteiger partial charge in [0.15, 0.2) is 0 Å². The van der Waals surface area contributed by atoms with Crippen LogP contribution in [0.15, 0.2) is 36.4 Å². The summed E-state index contributed by atoms with van der Waals surface area (Å²) in [6.07, 6.45) is 0. The van der Waals surface area contributed by atoms with Crippen LogP contribution in [0.1, 0.15) is 19.4 Å². The highest BCUT2D eigenvalue weighted by molar-refractivity contribution is 5.94. The smallest absolute Gasteiger partial charge is 0.238 e. The van der Waals surface area contributed by atoms with Crippen LogP contribution in [-0.2, 0) is 11.3 Å². The lowest BCUT2D eigenvalue weighted by Crippen LogP contribution is -2.30. The van der Waals surface area contributed by atoms with Crippen molar-refractivity contribution in [2.45, 2.75) is 20.4 Å². The summed E-state index contributed by atoms with van der Waals surface area (Å²) in [5.41, 5.74) is 1.56. The Morgan fingerprint density at radius 3 is 2.31 bits per heavy atom. The van der Waals surface area contributed by atoms with Crippen LogP contribution in [0.5, 0.6) is 23.0 Å². The summed E-state index contributed by atoms with van der Waals surface area (Å²) in [5.74, 6) is 2.60. The van der Waals surface area contributed by atoms with E-state index < -0.39 is 0 Å². The molecule has 0 saturated heterocycles. The quantitative estimate of drug-likeness (QED) is 0.620. The highest BCUT2D eigenvalue weighted by Crippen LogP contribution is 2.30. The van der Waals surface area contributed by atoms with Gasteiger partial charge in [0, 0.05) is 24.2 Å². The van der Waals surface area contributed by atoms with Crippen molar-refractivity contribution in [3.63, 3.8) is 0 Å². The molecule has 0 radical (unpaired) electrons. The molecule has 2 aromatic carbocycles. The standard InChI is InChI=1S/C22H30N2O5/c1-6-28-18-10-11-20(29-7-2)19(12-18)23-22(25)15-24(3)14-16-8-9-17(26-4)13-21(16)27-5/h8-13H,6-7,14-15H2,1-5H3,(H,23,25). The predicted octanol–water partition coefficient (Wildman–Crippen LogP) is 3.57. The lowest BCUT2D eigenvalue weighted by Gasteiger charge is -2.19. The molecule has 2 aromatic rings. The zero-order chi connectivity index (χ0) is 21.2. The third-order valence-electron chi connectivity index (χ3n) is 4.18. The fourth-order valence-corrected chi connectivity index (χ4v) is 2.91. The molecule has 1 amide bonds. The van der Waals surface area contributed by atoms with Gasteiger partial charge < -0.3 is 24.3 Å². The molecule has 0 saturated carbocycles. The molecule has 0 aliphatic rings. The summed E-state index contributed by atoms with van der Waals surface area (Å²) in [4.78, 5) is 14.5. The lowest BCUT2D eigenvalue weighted by atomic mass is 10.1. The van der Waals surface area contributed by atoms with Gasteiger partial charge in [-0.15, -0.1) is 0 Å². The molecule has 158 valence electrons. The number of amides is 1. The zero-order valence-electron chi connectivity index (χ0n) is 17.8. The monoisotopic (exact) mass is 402 g/mol. The van der Waals surface area contributed by atoms with Crippen LogP contribution < -0.4 is 24.3 Å². The third-order valence-corrected chi connectivity index (χ3v) is 4.18. The molecule has 0 aliphatic carbocycles. The number of carbonyl (C=O) groups excluding carboxylic acids is 1. The molecule has 0 fully saturated rings. The number of nitrogens with zero attached hydrogens (tertiary/aromatic N) is 1. The molecule has 0 aromatic heterocycles. The zero-order valence-corrected chi connectivity index (χ0v) is 17.8. The van der Waals surface area contributed by atoms with Crippen molar-refractivity contribution in [3.05, 3.63) is 42.0 Å². The van der Waals surface area contributed by atoms with Crippen LogP contribution in [0.2, 0.25) is 0 Å². The molecule has 2 rings (SSSR count). The number of rotatable bonds is 11. The van der Waals surface area contributed by atoms with Gasteiger partial charge >= 0.3 is 0 Å². The first-order valence-corrected chi connectivity index (χ1v) is 9.59. The second kappa shape index (κ2) is 11.2. The van der Waals surface area contributed by atoms with Crippen molar-refractivity contribution >= 4 is 11.6 Å². The molecular formula is C22H30N2O5. The summed E-state index contributed by atoms with van der Waals surface area (Å²) in [6.45, 7) is 5.63. The highest BCUT2D eigenvalue weighted by Gasteiger charge is 2.14. The van der Waals surface area contributed by atoms with Crippen LogP contribution >= 0.6 is 0 Å². The van der Waals surface area contributed by atoms with Crippen molar-refractivity contribution in [3.8, 4) is 23.0 Å². The van der Waals surface area contributed by atoms with E-state index in [-0.39, 0.29) is 12.5 Å². The first-order chi connectivity index (χ1) is 14.0. The number of hydrogen-bond acceptors (Lipinski definition) is 6. The molecule has 7 heteroatoms. The normalized spacial score (nSPS) is 10.6. The Bertz CT molecular complexity index is 810. The van der Waals surface area contributed by atoms with Crippen molar-refractivity contribution in [2.24, 2.45) is 0 Å². The summed E-state index contributed by atoms with van der Waals surface area (Å²) in [6, 6.07) is 11.0. The van der Waals surface area contributed by atoms with Gasteiger partial charge in [-0.2, -0.15) is 0 Å². The van der Waals surface area contributed by atoms with E-state index in [1.54, 1.807) is 26.4 Å². The molecular weight excluding hydrogens is 372 g/mol. The SMILES string of the molecule is CCOc1ccc(OCC)c(NC(=O)CN(C)Cc2ccc(OC)cc2OC)c1. The fourth-order valence-electron chi connectivity index (χ4n) is 2.91. The van der Waals surface area contributed by atoms with Crippen LogP contribution in [-0.4, -0.2) is 51.8 Å². The molecule has 7 nitrogen and oxygen atoms in total. The number of hydrogen-bond donors (Lipinski definition) is 1. The number of carbonyl (C=O) groups is 1. The Hall–Kier alpha value is -2.93. The van der Waals surface area contributed by atoms with Crippen molar-refractivity contribution in [2.75, 3.05) is 46.3 Å². The minimum absolute atomic E-state index is 0.144. The van der Waals surface area contributed by atoms with Gasteiger partial charge in [0.05, 0.1) is 39.7 Å². The van der Waals surface area contributed by atoms with Gasteiger partial charge in [0.25, 0.3) is 0 Å². The average Bonchev–Trinajstić information content (AvgIpc) is 2.70. The third kappa shape index (κ3) is 6.57. The van der Waals surface area contributed by atoms with E-state index in [0.29, 0.717) is 36.9 Å². The Morgan fingerprint density at radius 2 is 1.66 bits per heavy atom. The summed E-state index contributed by atoms with van der Waals surface area (Å²) in [5, 5.41) is 2.92. The first-order valence-electron chi connectivity index (χ1n) is 9.59. The molecule has 29 heavy (non-hydrogen) atoms. The lowest BCUT2D eigenvalue weighted by molar-refractivity contribution is -0.117. The van der Waals surface area contributed by atoms with Gasteiger partial charge in [-0.25, -0.2) is 0 Å². The fraction of sp³-hybridized carbons (Fsp3) is 0.409. The largest absolute Gasteiger partial charge is 0.497 e. The maximum atomic E-state index is 12.6. The van der Waals surface area contributed by atoms with E-state index >= 15 is 0 Å². The van der Waals surface area contributed by atoms with Gasteiger partial charge in [-0.05, 0) is 39.1 Å². The second-order valence-corrected chi connectivity index (χ2v) is 6.42. The van der Waals surface area contributed by atoms with E-state index in [1.165, 1.54) is 0 Å². The Labute approximate surface area is 172 Å². The van der Waals surface area contributed by atoms with Crippen molar-refractivity contribution < 1.29 is 23.7 Å². The number of benzene rings is 2. The number of ether oxygens (including phenoxy) is 4. The number of likely N-dealkylation sites (N-methyl/N-ethyl adjacent to an activating group) is 1. The molecule has 0 unspecified atom stereocenters. The highest BCUT2D eigenvalue weighted by atomic mass is 16.5. The van der Waals surface area contributed by atoms with Crippen LogP contribution in [0.4, 0.5) is 5.69 Å². The molecule has 0 atom stereocenters. The van der Waals surface area contributed by atoms with Gasteiger partial charge in [0.2, 0.25) is 5.91 Å². The Morgan fingerprint density at radius 1 is 0.931 bits per heavy atom. The van der Waals surface area contributed by atoms with E-state index in [9.17, 15) is 4.79 Å². The summed E-state index contributed by atoms with van der Waals surface area (Å²) in [7, 11) is 5.11. The molecule has 0 bridgehead atoms. The van der Waals surface area contributed by atoms with Gasteiger partial charge in [-0.3, -0.25) is 9.69 Å². The number of methoxy groups -OCH3 is 2. The number of anilines is 1. The van der Waals surface area contributed by atoms with Crippen LogP contribution in [0.25, 0.3) is 0 Å². The maximum absolute atomic E-state index is 12.6. The van der Waals surface area contributed by atoms with Gasteiger partial charge in [0.1, 0.15) is 23.0 Å². The van der Waals surface area contributed by atoms with Crippen molar-refractivity contribution in [1.82, 2.24) is 4.90 Å².